The van der Waals surface area contributed by atoms with Crippen LogP contribution in [0.3, 0.4) is 0 Å². The summed E-state index contributed by atoms with van der Waals surface area (Å²) in [6.45, 7) is 8.15. The van der Waals surface area contributed by atoms with Crippen molar-refractivity contribution in [1.29, 1.82) is 0 Å². The number of ether oxygens (including phenoxy) is 1. The topological polar surface area (TPSA) is 50.7 Å². The van der Waals surface area contributed by atoms with Gasteiger partial charge >= 0.3 is 0 Å². The number of amides is 1. The van der Waals surface area contributed by atoms with Crippen LogP contribution in [-0.2, 0) is 4.79 Å². The highest BCUT2D eigenvalue weighted by atomic mass is 16.5. The van der Waals surface area contributed by atoms with E-state index in [9.17, 15) is 4.79 Å². The van der Waals surface area contributed by atoms with Crippen molar-refractivity contribution in [3.63, 3.8) is 0 Å². The molecule has 1 N–H and O–H groups in total. The molecule has 0 aliphatic heterocycles. The Labute approximate surface area is 180 Å². The zero-order valence-corrected chi connectivity index (χ0v) is 18.7. The van der Waals surface area contributed by atoms with Crippen LogP contribution in [0, 0.1) is 6.92 Å². The molecular formula is C26H34N2O2. The number of hydrogen-bond donors (Lipinski definition) is 1. The zero-order valence-electron chi connectivity index (χ0n) is 18.7. The maximum absolute atomic E-state index is 12.2. The Kier molecular flexibility index (Phi) is 7.67. The van der Waals surface area contributed by atoms with Crippen LogP contribution >= 0.6 is 0 Å². The molecule has 4 heteroatoms. The molecule has 1 fully saturated rings. The first-order valence-electron chi connectivity index (χ1n) is 11.1. The second-order valence-electron chi connectivity index (χ2n) is 8.67. The fraction of sp³-hybridized carbons (Fsp3) is 0.462. The molecule has 2 aromatic carbocycles. The summed E-state index contributed by atoms with van der Waals surface area (Å²) in [6, 6.07) is 14.7. The van der Waals surface area contributed by atoms with E-state index in [1.54, 1.807) is 0 Å². The zero-order chi connectivity index (χ0) is 21.5. The lowest BCUT2D eigenvalue weighted by Crippen LogP contribution is -2.26. The van der Waals surface area contributed by atoms with Crippen molar-refractivity contribution in [2.75, 3.05) is 6.61 Å². The highest BCUT2D eigenvalue weighted by Crippen LogP contribution is 2.32. The number of benzene rings is 2. The van der Waals surface area contributed by atoms with Crippen molar-refractivity contribution in [1.82, 2.24) is 5.43 Å². The third-order valence-electron chi connectivity index (χ3n) is 5.90. The van der Waals surface area contributed by atoms with Gasteiger partial charge in [-0.25, -0.2) is 5.43 Å². The lowest BCUT2D eigenvalue weighted by atomic mass is 9.84. The number of aryl methyl sites for hydroxylation is 1. The molecule has 0 bridgehead atoms. The summed E-state index contributed by atoms with van der Waals surface area (Å²) in [5.74, 6) is 1.52. The lowest BCUT2D eigenvalue weighted by Gasteiger charge is -2.22. The van der Waals surface area contributed by atoms with Gasteiger partial charge in [0.2, 0.25) is 0 Å². The van der Waals surface area contributed by atoms with Gasteiger partial charge in [-0.15, -0.1) is 0 Å². The summed E-state index contributed by atoms with van der Waals surface area (Å²) in [4.78, 5) is 12.2. The number of nitrogens with zero attached hydrogens (tertiary/aromatic N) is 1. The molecule has 0 atom stereocenters. The van der Waals surface area contributed by atoms with Crippen LogP contribution in [0.5, 0.6) is 5.75 Å². The quantitative estimate of drug-likeness (QED) is 0.447. The predicted octanol–water partition coefficient (Wildman–Crippen LogP) is 6.09. The van der Waals surface area contributed by atoms with Crippen molar-refractivity contribution >= 4 is 11.6 Å². The third-order valence-corrected chi connectivity index (χ3v) is 5.90. The van der Waals surface area contributed by atoms with Gasteiger partial charge in [0.05, 0.1) is 5.71 Å². The van der Waals surface area contributed by atoms with Gasteiger partial charge in [0.1, 0.15) is 5.75 Å². The van der Waals surface area contributed by atoms with Crippen LogP contribution in [0.25, 0.3) is 0 Å². The Hall–Kier alpha value is -2.62. The maximum Gasteiger partial charge on any atom is 0.277 e. The lowest BCUT2D eigenvalue weighted by molar-refractivity contribution is -0.123. The molecule has 160 valence electrons. The molecule has 1 saturated carbocycles. The van der Waals surface area contributed by atoms with Gasteiger partial charge in [-0.05, 0) is 61.3 Å². The van der Waals surface area contributed by atoms with Crippen LogP contribution < -0.4 is 10.2 Å². The van der Waals surface area contributed by atoms with Gasteiger partial charge in [-0.3, -0.25) is 4.79 Å². The van der Waals surface area contributed by atoms with Crippen molar-refractivity contribution in [3.8, 4) is 5.75 Å². The number of hydrazone groups is 1. The molecule has 0 unspecified atom stereocenters. The summed E-state index contributed by atoms with van der Waals surface area (Å²) >= 11 is 0. The van der Waals surface area contributed by atoms with Gasteiger partial charge in [0.25, 0.3) is 5.91 Å². The second kappa shape index (κ2) is 10.4. The number of rotatable bonds is 7. The molecule has 30 heavy (non-hydrogen) atoms. The number of carbonyl (C=O) groups excluding carboxylic acids is 1. The molecule has 2 aromatic rings. The minimum absolute atomic E-state index is 0.0554. The van der Waals surface area contributed by atoms with Crippen LogP contribution in [0.2, 0.25) is 0 Å². The number of nitrogens with one attached hydrogen (secondary N) is 1. The first-order chi connectivity index (χ1) is 14.4. The van der Waals surface area contributed by atoms with Gasteiger partial charge in [0.15, 0.2) is 6.61 Å². The average molecular weight is 407 g/mol. The Morgan fingerprint density at radius 2 is 1.80 bits per heavy atom. The highest BCUT2D eigenvalue weighted by molar-refractivity contribution is 5.99. The van der Waals surface area contributed by atoms with E-state index >= 15 is 0 Å². The highest BCUT2D eigenvalue weighted by Gasteiger charge is 2.15. The van der Waals surface area contributed by atoms with E-state index in [-0.39, 0.29) is 12.5 Å². The Bertz CT molecular complexity index is 878. The number of hydrogen-bond acceptors (Lipinski definition) is 3. The largest absolute Gasteiger partial charge is 0.483 e. The molecule has 0 aromatic heterocycles. The van der Waals surface area contributed by atoms with E-state index in [0.717, 1.165) is 22.6 Å². The fourth-order valence-corrected chi connectivity index (χ4v) is 4.07. The molecule has 0 heterocycles. The first-order valence-corrected chi connectivity index (χ1v) is 11.1. The summed E-state index contributed by atoms with van der Waals surface area (Å²) in [5.41, 5.74) is 8.14. The Balaban J connectivity index is 1.54. The molecule has 1 aliphatic rings. The minimum atomic E-state index is -0.261. The van der Waals surface area contributed by atoms with Crippen LogP contribution in [0.1, 0.15) is 87.0 Å². The summed E-state index contributed by atoms with van der Waals surface area (Å²) in [7, 11) is 0. The van der Waals surface area contributed by atoms with E-state index in [2.05, 4.69) is 61.6 Å². The van der Waals surface area contributed by atoms with Crippen molar-refractivity contribution in [3.05, 3.63) is 64.7 Å². The summed E-state index contributed by atoms with van der Waals surface area (Å²) in [6.07, 6.45) is 6.63. The normalized spacial score (nSPS) is 15.3. The molecule has 0 spiro atoms. The van der Waals surface area contributed by atoms with Gasteiger partial charge < -0.3 is 4.74 Å². The molecule has 3 rings (SSSR count). The second-order valence-corrected chi connectivity index (χ2v) is 8.67. The van der Waals surface area contributed by atoms with E-state index in [1.807, 2.05) is 19.1 Å². The third kappa shape index (κ3) is 5.94. The van der Waals surface area contributed by atoms with E-state index < -0.39 is 0 Å². The van der Waals surface area contributed by atoms with E-state index in [1.165, 1.54) is 43.2 Å². The molecule has 0 radical (unpaired) electrons. The van der Waals surface area contributed by atoms with Crippen molar-refractivity contribution in [2.24, 2.45) is 5.10 Å². The van der Waals surface area contributed by atoms with Gasteiger partial charge in [0, 0.05) is 0 Å². The molecule has 1 amide bonds. The Morgan fingerprint density at radius 3 is 2.47 bits per heavy atom. The standard InChI is InChI=1S/C26H34N2O2/c1-18(2)24-16-19(3)10-15-25(24)30-17-26(29)28-27-20(4)21-11-13-23(14-12-21)22-8-6-5-7-9-22/h10-16,18,22H,5-9,17H2,1-4H3,(H,28,29). The molecular weight excluding hydrogens is 372 g/mol. The van der Waals surface area contributed by atoms with E-state index in [4.69, 9.17) is 4.74 Å². The van der Waals surface area contributed by atoms with Crippen molar-refractivity contribution in [2.45, 2.75) is 71.6 Å². The molecule has 1 aliphatic carbocycles. The van der Waals surface area contributed by atoms with Crippen LogP contribution in [-0.4, -0.2) is 18.2 Å². The molecule has 4 nitrogen and oxygen atoms in total. The van der Waals surface area contributed by atoms with Gasteiger partial charge in [-0.2, -0.15) is 5.10 Å². The summed E-state index contributed by atoms with van der Waals surface area (Å²) in [5, 5.41) is 4.26. The van der Waals surface area contributed by atoms with E-state index in [0.29, 0.717) is 11.8 Å². The van der Waals surface area contributed by atoms with Crippen molar-refractivity contribution < 1.29 is 9.53 Å². The average Bonchev–Trinajstić information content (AvgIpc) is 2.77. The van der Waals surface area contributed by atoms with Crippen LogP contribution in [0.15, 0.2) is 47.6 Å². The molecule has 0 saturated heterocycles. The smallest absolute Gasteiger partial charge is 0.277 e. The van der Waals surface area contributed by atoms with Crippen LogP contribution in [0.4, 0.5) is 0 Å². The van der Waals surface area contributed by atoms with Gasteiger partial charge in [-0.1, -0.05) is 75.1 Å². The maximum atomic E-state index is 12.2. The monoisotopic (exact) mass is 406 g/mol. The first kappa shape index (κ1) is 22.1. The number of carbonyl (C=O) groups is 1. The predicted molar refractivity (Wildman–Crippen MR) is 123 cm³/mol. The Morgan fingerprint density at radius 1 is 1.10 bits per heavy atom. The summed E-state index contributed by atoms with van der Waals surface area (Å²) < 4.78 is 5.75. The fourth-order valence-electron chi connectivity index (χ4n) is 4.07. The minimum Gasteiger partial charge on any atom is -0.483 e. The SMILES string of the molecule is CC(=NNC(=O)COc1ccc(C)cc1C(C)C)c1ccc(C2CCCCC2)cc1.